The van der Waals surface area contributed by atoms with Crippen LogP contribution in [0, 0.1) is 11.3 Å². The summed E-state index contributed by atoms with van der Waals surface area (Å²) in [5, 5.41) is 12.1. The third kappa shape index (κ3) is 4.16. The standard InChI is InChI=1S/C13H18N2O2/c1-10(13(16-2)17-3)15-9-12-6-4-5-11(7-12)8-14/h4-7,10,13,15H,9H2,1-3H3. The van der Waals surface area contributed by atoms with Crippen molar-refractivity contribution < 1.29 is 9.47 Å². The first kappa shape index (κ1) is 13.7. The summed E-state index contributed by atoms with van der Waals surface area (Å²) < 4.78 is 10.3. The Hall–Kier alpha value is -1.41. The zero-order valence-electron chi connectivity index (χ0n) is 10.4. The van der Waals surface area contributed by atoms with Crippen molar-refractivity contribution in [3.8, 4) is 6.07 Å². The Morgan fingerprint density at radius 1 is 1.35 bits per heavy atom. The van der Waals surface area contributed by atoms with Gasteiger partial charge in [0.1, 0.15) is 0 Å². The molecule has 0 radical (unpaired) electrons. The Balaban J connectivity index is 2.52. The lowest BCUT2D eigenvalue weighted by molar-refractivity contribution is -0.119. The van der Waals surface area contributed by atoms with Crippen LogP contribution < -0.4 is 5.32 Å². The second-order valence-corrected chi connectivity index (χ2v) is 3.82. The van der Waals surface area contributed by atoms with Crippen molar-refractivity contribution in [2.75, 3.05) is 14.2 Å². The largest absolute Gasteiger partial charge is 0.354 e. The quantitative estimate of drug-likeness (QED) is 0.760. The number of nitrogens with one attached hydrogen (secondary N) is 1. The molecule has 0 fully saturated rings. The molecular formula is C13H18N2O2. The Morgan fingerprint density at radius 2 is 2.06 bits per heavy atom. The first-order valence-corrected chi connectivity index (χ1v) is 5.49. The Kier molecular flexibility index (Phi) is 5.64. The SMILES string of the molecule is COC(OC)C(C)NCc1cccc(C#N)c1. The summed E-state index contributed by atoms with van der Waals surface area (Å²) in [6.45, 7) is 2.67. The molecule has 0 spiro atoms. The lowest BCUT2D eigenvalue weighted by Crippen LogP contribution is -2.39. The summed E-state index contributed by atoms with van der Waals surface area (Å²) in [6.07, 6.45) is -0.269. The normalized spacial score (nSPS) is 12.4. The molecule has 0 amide bonds. The van der Waals surface area contributed by atoms with Crippen LogP contribution in [0.3, 0.4) is 0 Å². The number of rotatable bonds is 6. The zero-order chi connectivity index (χ0) is 12.7. The van der Waals surface area contributed by atoms with E-state index in [1.807, 2.05) is 25.1 Å². The van der Waals surface area contributed by atoms with Gasteiger partial charge in [-0.2, -0.15) is 5.26 Å². The monoisotopic (exact) mass is 234 g/mol. The number of hydrogen-bond acceptors (Lipinski definition) is 4. The van der Waals surface area contributed by atoms with E-state index in [2.05, 4.69) is 11.4 Å². The van der Waals surface area contributed by atoms with Gasteiger partial charge in [0.25, 0.3) is 0 Å². The highest BCUT2D eigenvalue weighted by molar-refractivity contribution is 5.32. The summed E-state index contributed by atoms with van der Waals surface area (Å²) in [6, 6.07) is 9.72. The van der Waals surface area contributed by atoms with Crippen LogP contribution in [0.15, 0.2) is 24.3 Å². The van der Waals surface area contributed by atoms with E-state index in [0.717, 1.165) is 5.56 Å². The van der Waals surface area contributed by atoms with Gasteiger partial charge >= 0.3 is 0 Å². The fraction of sp³-hybridized carbons (Fsp3) is 0.462. The van der Waals surface area contributed by atoms with E-state index in [1.165, 1.54) is 0 Å². The molecule has 0 aliphatic carbocycles. The molecule has 1 unspecified atom stereocenters. The second-order valence-electron chi connectivity index (χ2n) is 3.82. The van der Waals surface area contributed by atoms with Crippen molar-refractivity contribution in [3.63, 3.8) is 0 Å². The van der Waals surface area contributed by atoms with Crippen LogP contribution >= 0.6 is 0 Å². The first-order chi connectivity index (χ1) is 8.21. The van der Waals surface area contributed by atoms with Crippen molar-refractivity contribution in [2.45, 2.75) is 25.8 Å². The summed E-state index contributed by atoms with van der Waals surface area (Å²) in [5.74, 6) is 0. The molecule has 0 saturated carbocycles. The molecule has 0 heterocycles. The molecular weight excluding hydrogens is 216 g/mol. The van der Waals surface area contributed by atoms with Crippen molar-refractivity contribution >= 4 is 0 Å². The molecule has 4 heteroatoms. The van der Waals surface area contributed by atoms with E-state index < -0.39 is 0 Å². The summed E-state index contributed by atoms with van der Waals surface area (Å²) >= 11 is 0. The van der Waals surface area contributed by atoms with E-state index in [0.29, 0.717) is 12.1 Å². The third-order valence-corrected chi connectivity index (χ3v) is 2.56. The average Bonchev–Trinajstić information content (AvgIpc) is 2.38. The van der Waals surface area contributed by atoms with Crippen LogP contribution in [0.25, 0.3) is 0 Å². The van der Waals surface area contributed by atoms with Gasteiger partial charge in [-0.1, -0.05) is 12.1 Å². The van der Waals surface area contributed by atoms with Crippen LogP contribution in [0.1, 0.15) is 18.1 Å². The van der Waals surface area contributed by atoms with Crippen molar-refractivity contribution in [3.05, 3.63) is 35.4 Å². The second kappa shape index (κ2) is 7.02. The Morgan fingerprint density at radius 3 is 2.65 bits per heavy atom. The minimum atomic E-state index is -0.269. The molecule has 1 aromatic rings. The number of ether oxygens (including phenoxy) is 2. The van der Waals surface area contributed by atoms with Crippen molar-refractivity contribution in [1.29, 1.82) is 5.26 Å². The molecule has 1 aromatic carbocycles. The highest BCUT2D eigenvalue weighted by atomic mass is 16.7. The number of benzene rings is 1. The molecule has 0 bridgehead atoms. The van der Waals surface area contributed by atoms with E-state index in [1.54, 1.807) is 20.3 Å². The minimum Gasteiger partial charge on any atom is -0.354 e. The van der Waals surface area contributed by atoms with Crippen LogP contribution in [-0.4, -0.2) is 26.6 Å². The molecule has 0 aliphatic heterocycles. The van der Waals surface area contributed by atoms with Crippen LogP contribution in [-0.2, 0) is 16.0 Å². The third-order valence-electron chi connectivity index (χ3n) is 2.56. The van der Waals surface area contributed by atoms with E-state index in [4.69, 9.17) is 14.7 Å². The number of hydrogen-bond donors (Lipinski definition) is 1. The van der Waals surface area contributed by atoms with E-state index in [9.17, 15) is 0 Å². The van der Waals surface area contributed by atoms with Crippen molar-refractivity contribution in [1.82, 2.24) is 5.32 Å². The predicted octanol–water partition coefficient (Wildman–Crippen LogP) is 1.66. The molecule has 92 valence electrons. The van der Waals surface area contributed by atoms with E-state index >= 15 is 0 Å². The molecule has 0 aromatic heterocycles. The van der Waals surface area contributed by atoms with Gasteiger partial charge in [-0.25, -0.2) is 0 Å². The zero-order valence-corrected chi connectivity index (χ0v) is 10.4. The molecule has 17 heavy (non-hydrogen) atoms. The average molecular weight is 234 g/mol. The van der Waals surface area contributed by atoms with Crippen molar-refractivity contribution in [2.24, 2.45) is 0 Å². The maximum Gasteiger partial charge on any atom is 0.171 e. The number of nitriles is 1. The van der Waals surface area contributed by atoms with Gasteiger partial charge in [0.15, 0.2) is 6.29 Å². The maximum absolute atomic E-state index is 8.79. The number of nitrogens with zero attached hydrogens (tertiary/aromatic N) is 1. The minimum absolute atomic E-state index is 0.0794. The molecule has 1 rings (SSSR count). The molecule has 1 atom stereocenters. The number of methoxy groups -OCH3 is 2. The first-order valence-electron chi connectivity index (χ1n) is 5.49. The van der Waals surface area contributed by atoms with Gasteiger partial charge < -0.3 is 14.8 Å². The topological polar surface area (TPSA) is 54.3 Å². The Bertz CT molecular complexity index is 383. The smallest absolute Gasteiger partial charge is 0.171 e. The molecule has 0 saturated heterocycles. The Labute approximate surface area is 102 Å². The van der Waals surface area contributed by atoms with Crippen LogP contribution in [0.2, 0.25) is 0 Å². The maximum atomic E-state index is 8.79. The van der Waals surface area contributed by atoms with Gasteiger partial charge in [0.05, 0.1) is 17.7 Å². The predicted molar refractivity (Wildman–Crippen MR) is 65.3 cm³/mol. The summed E-state index contributed by atoms with van der Waals surface area (Å²) in [5.41, 5.74) is 1.74. The van der Waals surface area contributed by atoms with Crippen LogP contribution in [0.4, 0.5) is 0 Å². The fourth-order valence-electron chi connectivity index (χ4n) is 1.63. The van der Waals surface area contributed by atoms with Gasteiger partial charge in [0.2, 0.25) is 0 Å². The molecule has 0 aliphatic rings. The summed E-state index contributed by atoms with van der Waals surface area (Å²) in [7, 11) is 3.23. The fourth-order valence-corrected chi connectivity index (χ4v) is 1.63. The molecule has 1 N–H and O–H groups in total. The highest BCUT2D eigenvalue weighted by Gasteiger charge is 2.14. The lowest BCUT2D eigenvalue weighted by atomic mass is 10.1. The van der Waals surface area contributed by atoms with E-state index in [-0.39, 0.29) is 12.3 Å². The summed E-state index contributed by atoms with van der Waals surface area (Å²) in [4.78, 5) is 0. The van der Waals surface area contributed by atoms with Gasteiger partial charge in [-0.15, -0.1) is 0 Å². The van der Waals surface area contributed by atoms with Gasteiger partial charge in [-0.05, 0) is 24.6 Å². The van der Waals surface area contributed by atoms with Crippen LogP contribution in [0.5, 0.6) is 0 Å². The molecule has 4 nitrogen and oxygen atoms in total. The highest BCUT2D eigenvalue weighted by Crippen LogP contribution is 2.05. The van der Waals surface area contributed by atoms with Gasteiger partial charge in [0, 0.05) is 20.8 Å². The lowest BCUT2D eigenvalue weighted by Gasteiger charge is -2.22. The van der Waals surface area contributed by atoms with Gasteiger partial charge in [-0.3, -0.25) is 0 Å².